The van der Waals surface area contributed by atoms with Gasteiger partial charge in [-0.05, 0) is 37.6 Å². The van der Waals surface area contributed by atoms with Crippen molar-refractivity contribution in [2.45, 2.75) is 26.3 Å². The van der Waals surface area contributed by atoms with Gasteiger partial charge in [0.05, 0.1) is 30.3 Å². The van der Waals surface area contributed by atoms with Crippen molar-refractivity contribution in [1.82, 2.24) is 5.32 Å². The molecule has 2 amide bonds. The summed E-state index contributed by atoms with van der Waals surface area (Å²) in [6, 6.07) is 13.1. The molecule has 2 N–H and O–H groups in total. The standard InChI is InChI=1S/C21H27N3O5S/c1-5-15(2)22-21(26)16-10-6-7-11-17(16)23-20(25)14-24(30(4,27)28)18-12-8-9-13-19(18)29-3/h6-13,15H,5,14H2,1-4H3,(H,22,26)(H,23,25)/t15-/m1/s1. The number of para-hydroxylation sites is 3. The van der Waals surface area contributed by atoms with Gasteiger partial charge in [0.2, 0.25) is 15.9 Å². The van der Waals surface area contributed by atoms with E-state index in [4.69, 9.17) is 4.74 Å². The molecule has 9 heteroatoms. The fourth-order valence-electron chi connectivity index (χ4n) is 2.73. The van der Waals surface area contributed by atoms with E-state index in [1.807, 2.05) is 13.8 Å². The maximum Gasteiger partial charge on any atom is 0.253 e. The molecule has 1 atom stereocenters. The third kappa shape index (κ3) is 5.96. The van der Waals surface area contributed by atoms with Gasteiger partial charge in [-0.3, -0.25) is 13.9 Å². The molecule has 0 aromatic heterocycles. The first kappa shape index (κ1) is 23.2. The zero-order valence-electron chi connectivity index (χ0n) is 17.5. The van der Waals surface area contributed by atoms with E-state index < -0.39 is 22.5 Å². The molecule has 0 radical (unpaired) electrons. The summed E-state index contributed by atoms with van der Waals surface area (Å²) in [6.45, 7) is 3.37. The molecule has 0 aliphatic rings. The Balaban J connectivity index is 2.26. The maximum absolute atomic E-state index is 12.7. The third-order valence-corrected chi connectivity index (χ3v) is 5.60. The van der Waals surface area contributed by atoms with E-state index in [0.717, 1.165) is 17.0 Å². The van der Waals surface area contributed by atoms with Gasteiger partial charge in [0.25, 0.3) is 5.91 Å². The Morgan fingerprint density at radius 3 is 2.37 bits per heavy atom. The Bertz CT molecular complexity index is 1010. The number of nitrogens with zero attached hydrogens (tertiary/aromatic N) is 1. The number of nitrogens with one attached hydrogen (secondary N) is 2. The highest BCUT2D eigenvalue weighted by Crippen LogP contribution is 2.29. The summed E-state index contributed by atoms with van der Waals surface area (Å²) in [5.74, 6) is -0.580. The quantitative estimate of drug-likeness (QED) is 0.633. The number of hydrogen-bond donors (Lipinski definition) is 2. The number of ether oxygens (including phenoxy) is 1. The lowest BCUT2D eigenvalue weighted by molar-refractivity contribution is -0.114. The zero-order chi connectivity index (χ0) is 22.3. The highest BCUT2D eigenvalue weighted by molar-refractivity contribution is 7.92. The fourth-order valence-corrected chi connectivity index (χ4v) is 3.59. The smallest absolute Gasteiger partial charge is 0.253 e. The lowest BCUT2D eigenvalue weighted by Gasteiger charge is -2.24. The van der Waals surface area contributed by atoms with E-state index in [1.165, 1.54) is 7.11 Å². The van der Waals surface area contributed by atoms with E-state index in [0.29, 0.717) is 17.0 Å². The van der Waals surface area contributed by atoms with Crippen LogP contribution >= 0.6 is 0 Å². The average molecular weight is 434 g/mol. The number of rotatable bonds is 9. The van der Waals surface area contributed by atoms with Gasteiger partial charge < -0.3 is 15.4 Å². The lowest BCUT2D eigenvalue weighted by atomic mass is 10.1. The molecule has 0 saturated carbocycles. The molecule has 0 fully saturated rings. The Labute approximate surface area is 177 Å². The van der Waals surface area contributed by atoms with E-state index in [2.05, 4.69) is 10.6 Å². The fraction of sp³-hybridized carbons (Fsp3) is 0.333. The van der Waals surface area contributed by atoms with Crippen LogP contribution in [0, 0.1) is 0 Å². The van der Waals surface area contributed by atoms with Crippen LogP contribution in [0.3, 0.4) is 0 Å². The molecule has 2 aromatic carbocycles. The summed E-state index contributed by atoms with van der Waals surface area (Å²) in [4.78, 5) is 25.2. The number of amides is 2. The second kappa shape index (κ2) is 10.1. The van der Waals surface area contributed by atoms with Gasteiger partial charge in [0, 0.05) is 6.04 Å². The van der Waals surface area contributed by atoms with Gasteiger partial charge in [-0.25, -0.2) is 8.42 Å². The van der Waals surface area contributed by atoms with Crippen LogP contribution in [-0.4, -0.2) is 46.2 Å². The van der Waals surface area contributed by atoms with E-state index in [9.17, 15) is 18.0 Å². The van der Waals surface area contributed by atoms with Crippen LogP contribution in [-0.2, 0) is 14.8 Å². The molecule has 0 heterocycles. The van der Waals surface area contributed by atoms with Gasteiger partial charge in [-0.15, -0.1) is 0 Å². The van der Waals surface area contributed by atoms with Crippen molar-refractivity contribution in [1.29, 1.82) is 0 Å². The average Bonchev–Trinajstić information content (AvgIpc) is 2.71. The predicted molar refractivity (Wildman–Crippen MR) is 117 cm³/mol. The van der Waals surface area contributed by atoms with Crippen LogP contribution in [0.4, 0.5) is 11.4 Å². The van der Waals surface area contributed by atoms with E-state index in [-0.39, 0.29) is 17.6 Å². The van der Waals surface area contributed by atoms with Crippen LogP contribution in [0.5, 0.6) is 5.75 Å². The monoisotopic (exact) mass is 433 g/mol. The highest BCUT2D eigenvalue weighted by Gasteiger charge is 2.24. The number of benzene rings is 2. The largest absolute Gasteiger partial charge is 0.495 e. The zero-order valence-corrected chi connectivity index (χ0v) is 18.3. The van der Waals surface area contributed by atoms with Crippen LogP contribution in [0.15, 0.2) is 48.5 Å². The minimum Gasteiger partial charge on any atom is -0.495 e. The topological polar surface area (TPSA) is 105 Å². The number of carbonyl (C=O) groups is 2. The summed E-state index contributed by atoms with van der Waals surface area (Å²) in [6.07, 6.45) is 1.78. The van der Waals surface area contributed by atoms with Crippen molar-refractivity contribution >= 4 is 33.2 Å². The van der Waals surface area contributed by atoms with Crippen LogP contribution in [0.1, 0.15) is 30.6 Å². The summed E-state index contributed by atoms with van der Waals surface area (Å²) in [5.41, 5.74) is 0.853. The Morgan fingerprint density at radius 2 is 1.73 bits per heavy atom. The number of sulfonamides is 1. The molecule has 8 nitrogen and oxygen atoms in total. The summed E-state index contributed by atoms with van der Waals surface area (Å²) < 4.78 is 30.9. The molecule has 0 bridgehead atoms. The minimum atomic E-state index is -3.77. The number of hydrogen-bond acceptors (Lipinski definition) is 5. The second-order valence-corrected chi connectivity index (χ2v) is 8.72. The van der Waals surface area contributed by atoms with Gasteiger partial charge in [-0.2, -0.15) is 0 Å². The first-order valence-corrected chi connectivity index (χ1v) is 11.3. The van der Waals surface area contributed by atoms with Crippen LogP contribution in [0.25, 0.3) is 0 Å². The Morgan fingerprint density at radius 1 is 1.10 bits per heavy atom. The summed E-state index contributed by atoms with van der Waals surface area (Å²) in [5, 5.41) is 5.50. The van der Waals surface area contributed by atoms with Crippen LogP contribution < -0.4 is 19.7 Å². The predicted octanol–water partition coefficient (Wildman–Crippen LogP) is 2.63. The molecule has 2 rings (SSSR count). The van der Waals surface area contributed by atoms with Crippen molar-refractivity contribution in [2.75, 3.05) is 29.5 Å². The molecule has 0 aliphatic carbocycles. The van der Waals surface area contributed by atoms with Crippen molar-refractivity contribution in [3.8, 4) is 5.75 Å². The van der Waals surface area contributed by atoms with Crippen molar-refractivity contribution in [2.24, 2.45) is 0 Å². The normalized spacial score (nSPS) is 12.0. The van der Waals surface area contributed by atoms with Crippen LogP contribution in [0.2, 0.25) is 0 Å². The van der Waals surface area contributed by atoms with Gasteiger partial charge in [-0.1, -0.05) is 31.2 Å². The third-order valence-electron chi connectivity index (χ3n) is 4.48. The number of carbonyl (C=O) groups excluding carboxylic acids is 2. The first-order chi connectivity index (χ1) is 14.2. The van der Waals surface area contributed by atoms with Gasteiger partial charge >= 0.3 is 0 Å². The minimum absolute atomic E-state index is 0.0208. The maximum atomic E-state index is 12.7. The molecular weight excluding hydrogens is 406 g/mol. The van der Waals surface area contributed by atoms with Crippen molar-refractivity contribution in [3.05, 3.63) is 54.1 Å². The molecule has 0 spiro atoms. The Kier molecular flexibility index (Phi) is 7.82. The number of methoxy groups -OCH3 is 1. The molecule has 2 aromatic rings. The molecule has 162 valence electrons. The molecule has 0 aliphatic heterocycles. The first-order valence-electron chi connectivity index (χ1n) is 9.47. The molecular formula is C21H27N3O5S. The summed E-state index contributed by atoms with van der Waals surface area (Å²) >= 11 is 0. The molecule has 0 unspecified atom stereocenters. The number of anilines is 2. The summed E-state index contributed by atoms with van der Waals surface area (Å²) in [7, 11) is -2.35. The Hall–Kier alpha value is -3.07. The van der Waals surface area contributed by atoms with Crippen molar-refractivity contribution < 1.29 is 22.7 Å². The SMILES string of the molecule is CC[C@@H](C)NC(=O)c1ccccc1NC(=O)CN(c1ccccc1OC)S(C)(=O)=O. The van der Waals surface area contributed by atoms with Crippen molar-refractivity contribution in [3.63, 3.8) is 0 Å². The lowest BCUT2D eigenvalue weighted by Crippen LogP contribution is -2.38. The van der Waals surface area contributed by atoms with E-state index >= 15 is 0 Å². The molecule has 30 heavy (non-hydrogen) atoms. The van der Waals surface area contributed by atoms with Gasteiger partial charge in [0.1, 0.15) is 12.3 Å². The molecule has 0 saturated heterocycles. The second-order valence-electron chi connectivity index (χ2n) is 6.82. The highest BCUT2D eigenvalue weighted by atomic mass is 32.2. The van der Waals surface area contributed by atoms with E-state index in [1.54, 1.807) is 48.5 Å². The van der Waals surface area contributed by atoms with Gasteiger partial charge in [0.15, 0.2) is 0 Å².